The van der Waals surface area contributed by atoms with Crippen molar-refractivity contribution in [1.82, 2.24) is 0 Å². The smallest absolute Gasteiger partial charge is 0.231 e. The first-order valence-electron chi connectivity index (χ1n) is 5.67. The minimum atomic E-state index is -1.49. The molecule has 4 heteroatoms. The van der Waals surface area contributed by atoms with E-state index in [0.717, 1.165) is 22.6 Å². The van der Waals surface area contributed by atoms with Gasteiger partial charge in [0.15, 0.2) is 19.8 Å². The van der Waals surface area contributed by atoms with Crippen LogP contribution in [0.3, 0.4) is 0 Å². The van der Waals surface area contributed by atoms with E-state index in [1.807, 2.05) is 18.2 Å². The van der Waals surface area contributed by atoms with E-state index >= 15 is 0 Å². The van der Waals surface area contributed by atoms with E-state index in [4.69, 9.17) is 13.9 Å². The third kappa shape index (κ3) is 3.11. The van der Waals surface area contributed by atoms with Gasteiger partial charge >= 0.3 is 0 Å². The molecule has 0 unspecified atom stereocenters. The molecule has 0 saturated heterocycles. The molecule has 0 amide bonds. The molecule has 0 radical (unpaired) electrons. The zero-order chi connectivity index (χ0) is 12.5. The van der Waals surface area contributed by atoms with Gasteiger partial charge in [0, 0.05) is 0 Å². The Kier molecular flexibility index (Phi) is 3.26. The Morgan fingerprint density at radius 1 is 1.29 bits per heavy atom. The fraction of sp³-hybridized carbons (Fsp3) is 0.385. The minimum Gasteiger partial charge on any atom is -0.454 e. The van der Waals surface area contributed by atoms with E-state index in [-0.39, 0.29) is 0 Å². The van der Waals surface area contributed by atoms with E-state index < -0.39 is 8.32 Å². The molecule has 17 heavy (non-hydrogen) atoms. The van der Waals surface area contributed by atoms with Crippen molar-refractivity contribution in [3.63, 3.8) is 0 Å². The van der Waals surface area contributed by atoms with Gasteiger partial charge in [-0.1, -0.05) is 12.6 Å². The molecular weight excluding hydrogens is 232 g/mol. The van der Waals surface area contributed by atoms with Crippen molar-refractivity contribution < 1.29 is 13.9 Å². The molecular formula is C13H18O3Si. The second-order valence-corrected chi connectivity index (χ2v) is 9.59. The highest BCUT2D eigenvalue weighted by Gasteiger charge is 2.17. The molecule has 0 N–H and O–H groups in total. The van der Waals surface area contributed by atoms with Crippen molar-refractivity contribution in [2.45, 2.75) is 19.6 Å². The standard InChI is InChI=1S/C13H18O3Si/c1-10(8-16-17(2,3)4)11-5-6-12-13(7-11)15-9-14-12/h5-7H,1,8-9H2,2-4H3. The van der Waals surface area contributed by atoms with Crippen LogP contribution in [0.25, 0.3) is 5.57 Å². The van der Waals surface area contributed by atoms with Crippen molar-refractivity contribution in [2.75, 3.05) is 13.4 Å². The molecule has 1 aliphatic rings. The van der Waals surface area contributed by atoms with Crippen LogP contribution >= 0.6 is 0 Å². The van der Waals surface area contributed by atoms with Gasteiger partial charge in [0.25, 0.3) is 0 Å². The van der Waals surface area contributed by atoms with Gasteiger partial charge in [-0.05, 0) is 42.9 Å². The first-order valence-corrected chi connectivity index (χ1v) is 9.08. The third-order valence-corrected chi connectivity index (χ3v) is 3.47. The van der Waals surface area contributed by atoms with Gasteiger partial charge in [-0.25, -0.2) is 0 Å². The van der Waals surface area contributed by atoms with Crippen LogP contribution in [0.15, 0.2) is 24.8 Å². The topological polar surface area (TPSA) is 27.7 Å². The van der Waals surface area contributed by atoms with Crippen LogP contribution in [0.4, 0.5) is 0 Å². The molecule has 0 aliphatic carbocycles. The molecule has 2 rings (SSSR count). The Labute approximate surface area is 103 Å². The molecule has 0 atom stereocenters. The number of hydrogen-bond donors (Lipinski definition) is 0. The second kappa shape index (κ2) is 4.54. The number of hydrogen-bond acceptors (Lipinski definition) is 3. The predicted octanol–water partition coefficient (Wildman–Crippen LogP) is 3.28. The molecule has 0 spiro atoms. The monoisotopic (exact) mass is 250 g/mol. The summed E-state index contributed by atoms with van der Waals surface area (Å²) < 4.78 is 16.4. The third-order valence-electron chi connectivity index (χ3n) is 2.46. The maximum atomic E-state index is 5.83. The van der Waals surface area contributed by atoms with Gasteiger partial charge in [0.2, 0.25) is 6.79 Å². The lowest BCUT2D eigenvalue weighted by Crippen LogP contribution is -2.26. The summed E-state index contributed by atoms with van der Waals surface area (Å²) in [5.41, 5.74) is 2.03. The summed E-state index contributed by atoms with van der Waals surface area (Å²) in [5, 5.41) is 0. The molecule has 92 valence electrons. The number of ether oxygens (including phenoxy) is 2. The lowest BCUT2D eigenvalue weighted by atomic mass is 10.1. The zero-order valence-corrected chi connectivity index (χ0v) is 11.6. The van der Waals surface area contributed by atoms with Gasteiger partial charge in [-0.15, -0.1) is 0 Å². The van der Waals surface area contributed by atoms with Crippen molar-refractivity contribution >= 4 is 13.9 Å². The zero-order valence-electron chi connectivity index (χ0n) is 10.6. The molecule has 1 aliphatic heterocycles. The Hall–Kier alpha value is -1.26. The quantitative estimate of drug-likeness (QED) is 0.768. The fourth-order valence-corrected chi connectivity index (χ4v) is 2.11. The van der Waals surface area contributed by atoms with Crippen LogP contribution in [0.1, 0.15) is 5.56 Å². The summed E-state index contributed by atoms with van der Waals surface area (Å²) in [6.07, 6.45) is 0. The molecule has 0 saturated carbocycles. The normalized spacial score (nSPS) is 13.8. The van der Waals surface area contributed by atoms with E-state index in [1.54, 1.807) is 0 Å². The molecule has 1 aromatic carbocycles. The molecule has 0 bridgehead atoms. The van der Waals surface area contributed by atoms with Crippen LogP contribution in [-0.2, 0) is 4.43 Å². The number of fused-ring (bicyclic) bond motifs is 1. The van der Waals surface area contributed by atoms with Gasteiger partial charge in [-0.3, -0.25) is 0 Å². The average molecular weight is 250 g/mol. The summed E-state index contributed by atoms with van der Waals surface area (Å²) in [6.45, 7) is 11.4. The average Bonchev–Trinajstić information content (AvgIpc) is 2.71. The maximum absolute atomic E-state index is 5.83. The summed E-state index contributed by atoms with van der Waals surface area (Å²) in [7, 11) is -1.49. The minimum absolute atomic E-state index is 0.302. The Bertz CT molecular complexity index is 435. The molecule has 1 aromatic rings. The van der Waals surface area contributed by atoms with Crippen LogP contribution in [0, 0.1) is 0 Å². The molecule has 1 heterocycles. The van der Waals surface area contributed by atoms with Crippen molar-refractivity contribution in [1.29, 1.82) is 0 Å². The summed E-state index contributed by atoms with van der Waals surface area (Å²) >= 11 is 0. The maximum Gasteiger partial charge on any atom is 0.231 e. The van der Waals surface area contributed by atoms with Crippen LogP contribution in [0.5, 0.6) is 11.5 Å². The van der Waals surface area contributed by atoms with E-state index in [9.17, 15) is 0 Å². The SMILES string of the molecule is C=C(CO[Si](C)(C)C)c1ccc2c(c1)OCO2. The lowest BCUT2D eigenvalue weighted by molar-refractivity contribution is 0.174. The van der Waals surface area contributed by atoms with Crippen molar-refractivity contribution in [3.8, 4) is 11.5 Å². The fourth-order valence-electron chi connectivity index (χ4n) is 1.50. The first-order chi connectivity index (χ1) is 7.96. The Balaban J connectivity index is 2.05. The van der Waals surface area contributed by atoms with Gasteiger partial charge in [-0.2, -0.15) is 0 Å². The van der Waals surface area contributed by atoms with Gasteiger partial charge in [0.05, 0.1) is 6.61 Å². The van der Waals surface area contributed by atoms with Gasteiger partial charge in [0.1, 0.15) is 0 Å². The summed E-state index contributed by atoms with van der Waals surface area (Å²) in [4.78, 5) is 0. The Morgan fingerprint density at radius 2 is 2.00 bits per heavy atom. The van der Waals surface area contributed by atoms with Gasteiger partial charge < -0.3 is 13.9 Å². The molecule has 3 nitrogen and oxygen atoms in total. The van der Waals surface area contributed by atoms with Crippen LogP contribution < -0.4 is 9.47 Å². The number of rotatable bonds is 4. The van der Waals surface area contributed by atoms with Crippen LogP contribution in [0.2, 0.25) is 19.6 Å². The highest BCUT2D eigenvalue weighted by atomic mass is 28.4. The number of benzene rings is 1. The molecule has 0 aromatic heterocycles. The highest BCUT2D eigenvalue weighted by molar-refractivity contribution is 6.69. The first kappa shape index (κ1) is 12.2. The Morgan fingerprint density at radius 3 is 2.71 bits per heavy atom. The highest BCUT2D eigenvalue weighted by Crippen LogP contribution is 2.34. The van der Waals surface area contributed by atoms with E-state index in [2.05, 4.69) is 26.2 Å². The van der Waals surface area contributed by atoms with Crippen molar-refractivity contribution in [3.05, 3.63) is 30.3 Å². The summed E-state index contributed by atoms with van der Waals surface area (Å²) in [6, 6.07) is 5.86. The van der Waals surface area contributed by atoms with Crippen LogP contribution in [-0.4, -0.2) is 21.7 Å². The second-order valence-electron chi connectivity index (χ2n) is 5.07. The summed E-state index contributed by atoms with van der Waals surface area (Å²) in [5.74, 6) is 1.59. The van der Waals surface area contributed by atoms with Crippen molar-refractivity contribution in [2.24, 2.45) is 0 Å². The molecule has 0 fully saturated rings. The van der Waals surface area contributed by atoms with E-state index in [1.165, 1.54) is 0 Å². The van der Waals surface area contributed by atoms with E-state index in [0.29, 0.717) is 13.4 Å². The predicted molar refractivity (Wildman–Crippen MR) is 70.9 cm³/mol. The lowest BCUT2D eigenvalue weighted by Gasteiger charge is -2.18. The largest absolute Gasteiger partial charge is 0.454 e.